The van der Waals surface area contributed by atoms with Crippen molar-refractivity contribution in [3.05, 3.63) is 59.4 Å². The van der Waals surface area contributed by atoms with Gasteiger partial charge in [0, 0.05) is 30.3 Å². The number of hydrogen-bond acceptors (Lipinski definition) is 5. The van der Waals surface area contributed by atoms with Crippen LogP contribution in [0.2, 0.25) is 0 Å². The summed E-state index contributed by atoms with van der Waals surface area (Å²) < 4.78 is 24.6. The van der Waals surface area contributed by atoms with Crippen LogP contribution in [0.1, 0.15) is 42.1 Å². The van der Waals surface area contributed by atoms with E-state index < -0.39 is 5.82 Å². The minimum Gasteiger partial charge on any atom is -0.497 e. The van der Waals surface area contributed by atoms with Crippen molar-refractivity contribution in [3.63, 3.8) is 0 Å². The molecule has 1 saturated heterocycles. The predicted octanol–water partition coefficient (Wildman–Crippen LogP) is 4.36. The highest BCUT2D eigenvalue weighted by Crippen LogP contribution is 2.46. The number of carbonyl (C=O) groups excluding carboxylic acids is 2. The standard InChI is InChI=1S/C24H29FN2O4S/c1-15(2)26(23(29)17-7-6-8-18(25)13-17)11-12-27-22(28)16(3)32-24(27)20-14-19(30-4)9-10-21(20)31-5/h6-10,13-16,24H,11-12H2,1-5H3. The molecular formula is C24H29FN2O4S. The van der Waals surface area contributed by atoms with Gasteiger partial charge in [0.1, 0.15) is 22.7 Å². The van der Waals surface area contributed by atoms with E-state index in [1.807, 2.05) is 39.0 Å². The third kappa shape index (κ3) is 5.01. The zero-order chi connectivity index (χ0) is 23.4. The van der Waals surface area contributed by atoms with E-state index in [0.717, 1.165) is 5.56 Å². The molecule has 0 aromatic heterocycles. The van der Waals surface area contributed by atoms with Crippen molar-refractivity contribution in [2.75, 3.05) is 27.3 Å². The Morgan fingerprint density at radius 3 is 2.56 bits per heavy atom. The second-order valence-electron chi connectivity index (χ2n) is 7.87. The Balaban J connectivity index is 1.85. The lowest BCUT2D eigenvalue weighted by Gasteiger charge is -2.31. The molecule has 2 unspecified atom stereocenters. The van der Waals surface area contributed by atoms with Crippen LogP contribution in [0.4, 0.5) is 4.39 Å². The maximum absolute atomic E-state index is 13.6. The predicted molar refractivity (Wildman–Crippen MR) is 124 cm³/mol. The molecular weight excluding hydrogens is 431 g/mol. The smallest absolute Gasteiger partial charge is 0.254 e. The van der Waals surface area contributed by atoms with Gasteiger partial charge in [-0.15, -0.1) is 11.8 Å². The largest absolute Gasteiger partial charge is 0.497 e. The number of hydrogen-bond donors (Lipinski definition) is 0. The van der Waals surface area contributed by atoms with E-state index >= 15 is 0 Å². The van der Waals surface area contributed by atoms with Gasteiger partial charge in [-0.25, -0.2) is 4.39 Å². The summed E-state index contributed by atoms with van der Waals surface area (Å²) in [6, 6.07) is 11.1. The van der Waals surface area contributed by atoms with Gasteiger partial charge >= 0.3 is 0 Å². The number of rotatable bonds is 8. The van der Waals surface area contributed by atoms with Gasteiger partial charge in [-0.3, -0.25) is 9.59 Å². The number of carbonyl (C=O) groups is 2. The van der Waals surface area contributed by atoms with Crippen LogP contribution >= 0.6 is 11.8 Å². The number of halogens is 1. The van der Waals surface area contributed by atoms with Gasteiger partial charge in [0.25, 0.3) is 5.91 Å². The zero-order valence-electron chi connectivity index (χ0n) is 19.0. The molecule has 1 aliphatic rings. The first kappa shape index (κ1) is 23.9. The number of benzene rings is 2. The van der Waals surface area contributed by atoms with Gasteiger partial charge in [-0.05, 0) is 57.2 Å². The summed E-state index contributed by atoms with van der Waals surface area (Å²) in [5.41, 5.74) is 1.14. The molecule has 0 bridgehead atoms. The van der Waals surface area contributed by atoms with Crippen LogP contribution in [-0.2, 0) is 4.79 Å². The van der Waals surface area contributed by atoms with Crippen LogP contribution in [0.5, 0.6) is 11.5 Å². The molecule has 3 rings (SSSR count). The van der Waals surface area contributed by atoms with Gasteiger partial charge in [0.15, 0.2) is 0 Å². The van der Waals surface area contributed by atoms with E-state index in [1.165, 1.54) is 30.0 Å². The summed E-state index contributed by atoms with van der Waals surface area (Å²) in [6.45, 7) is 6.37. The Morgan fingerprint density at radius 1 is 1.19 bits per heavy atom. The van der Waals surface area contributed by atoms with Crippen LogP contribution in [0, 0.1) is 5.82 Å². The second kappa shape index (κ2) is 10.3. The van der Waals surface area contributed by atoms with Crippen LogP contribution < -0.4 is 9.47 Å². The Hall–Kier alpha value is -2.74. The zero-order valence-corrected chi connectivity index (χ0v) is 19.8. The van der Waals surface area contributed by atoms with Crippen molar-refractivity contribution in [1.29, 1.82) is 0 Å². The molecule has 1 heterocycles. The highest BCUT2D eigenvalue weighted by Gasteiger charge is 2.40. The van der Waals surface area contributed by atoms with Gasteiger partial charge < -0.3 is 19.3 Å². The minimum atomic E-state index is -0.454. The maximum atomic E-state index is 13.6. The first-order valence-corrected chi connectivity index (χ1v) is 11.5. The van der Waals surface area contributed by atoms with E-state index in [2.05, 4.69) is 0 Å². The molecule has 172 valence electrons. The molecule has 2 aromatic carbocycles. The van der Waals surface area contributed by atoms with Gasteiger partial charge in [0.2, 0.25) is 5.91 Å². The van der Waals surface area contributed by atoms with Crippen molar-refractivity contribution < 1.29 is 23.5 Å². The lowest BCUT2D eigenvalue weighted by molar-refractivity contribution is -0.130. The molecule has 1 fully saturated rings. The molecule has 2 amide bonds. The van der Waals surface area contributed by atoms with E-state index in [9.17, 15) is 14.0 Å². The second-order valence-corrected chi connectivity index (χ2v) is 9.30. The summed E-state index contributed by atoms with van der Waals surface area (Å²) in [5.74, 6) is 0.643. The molecule has 0 N–H and O–H groups in total. The SMILES string of the molecule is COc1ccc(OC)c(C2SC(C)C(=O)N2CCN(C(=O)c2cccc(F)c2)C(C)C)c1. The summed E-state index contributed by atoms with van der Waals surface area (Å²) in [5, 5.41) is -0.483. The van der Waals surface area contributed by atoms with Gasteiger partial charge in [-0.1, -0.05) is 6.07 Å². The third-order valence-electron chi connectivity index (χ3n) is 5.49. The molecule has 0 spiro atoms. The van der Waals surface area contributed by atoms with Crippen molar-refractivity contribution in [3.8, 4) is 11.5 Å². The Morgan fingerprint density at radius 2 is 1.94 bits per heavy atom. The van der Waals surface area contributed by atoms with E-state index in [4.69, 9.17) is 9.47 Å². The lowest BCUT2D eigenvalue weighted by atomic mass is 10.1. The van der Waals surface area contributed by atoms with Crippen molar-refractivity contribution in [2.24, 2.45) is 0 Å². The molecule has 0 saturated carbocycles. The molecule has 0 aliphatic carbocycles. The number of nitrogens with zero attached hydrogens (tertiary/aromatic N) is 2. The number of ether oxygens (including phenoxy) is 2. The first-order chi connectivity index (χ1) is 15.3. The Kier molecular flexibility index (Phi) is 7.66. The Labute approximate surface area is 192 Å². The normalized spacial score (nSPS) is 18.2. The lowest BCUT2D eigenvalue weighted by Crippen LogP contribution is -2.43. The van der Waals surface area contributed by atoms with Crippen molar-refractivity contribution in [1.82, 2.24) is 9.80 Å². The highest BCUT2D eigenvalue weighted by molar-refractivity contribution is 8.01. The fraction of sp³-hybridized carbons (Fsp3) is 0.417. The average Bonchev–Trinajstić information content (AvgIpc) is 3.06. The van der Waals surface area contributed by atoms with Crippen molar-refractivity contribution >= 4 is 23.6 Å². The summed E-state index contributed by atoms with van der Waals surface area (Å²) >= 11 is 1.54. The summed E-state index contributed by atoms with van der Waals surface area (Å²) in [7, 11) is 3.19. The maximum Gasteiger partial charge on any atom is 0.254 e. The number of methoxy groups -OCH3 is 2. The van der Waals surface area contributed by atoms with Gasteiger partial charge in [0.05, 0.1) is 19.5 Å². The van der Waals surface area contributed by atoms with Crippen LogP contribution in [0.25, 0.3) is 0 Å². The average molecular weight is 461 g/mol. The monoisotopic (exact) mass is 460 g/mol. The topological polar surface area (TPSA) is 59.1 Å². The van der Waals surface area contributed by atoms with Crippen LogP contribution in [0.15, 0.2) is 42.5 Å². The molecule has 8 heteroatoms. The first-order valence-electron chi connectivity index (χ1n) is 10.5. The van der Waals surface area contributed by atoms with E-state index in [-0.39, 0.29) is 28.5 Å². The van der Waals surface area contributed by atoms with Gasteiger partial charge in [-0.2, -0.15) is 0 Å². The molecule has 6 nitrogen and oxygen atoms in total. The summed E-state index contributed by atoms with van der Waals surface area (Å²) in [4.78, 5) is 29.5. The molecule has 2 atom stereocenters. The molecule has 1 aliphatic heterocycles. The quantitative estimate of drug-likeness (QED) is 0.586. The highest BCUT2D eigenvalue weighted by atomic mass is 32.2. The minimum absolute atomic E-state index is 0.00628. The fourth-order valence-corrected chi connectivity index (χ4v) is 5.10. The van der Waals surface area contributed by atoms with E-state index in [1.54, 1.807) is 30.1 Å². The third-order valence-corrected chi connectivity index (χ3v) is 6.86. The van der Waals surface area contributed by atoms with E-state index in [0.29, 0.717) is 30.2 Å². The number of amides is 2. The molecule has 2 aromatic rings. The Bertz CT molecular complexity index is 984. The molecule has 0 radical (unpaired) electrons. The summed E-state index contributed by atoms with van der Waals surface area (Å²) in [6.07, 6.45) is 0. The van der Waals surface area contributed by atoms with Crippen LogP contribution in [0.3, 0.4) is 0 Å². The number of thioether (sulfide) groups is 1. The molecule has 32 heavy (non-hydrogen) atoms. The van der Waals surface area contributed by atoms with Crippen LogP contribution in [-0.4, -0.2) is 60.2 Å². The fourth-order valence-electron chi connectivity index (χ4n) is 3.77. The van der Waals surface area contributed by atoms with Crippen molar-refractivity contribution in [2.45, 2.75) is 37.4 Å².